The molecule has 4 heteroatoms. The van der Waals surface area contributed by atoms with Crippen LogP contribution in [0.2, 0.25) is 0 Å². The maximum Gasteiger partial charge on any atom is 0.183 e. The number of nitrogens with zero attached hydrogens (tertiary/aromatic N) is 1. The highest BCUT2D eigenvalue weighted by Crippen LogP contribution is 2.13. The molecule has 0 aliphatic rings. The van der Waals surface area contributed by atoms with Crippen molar-refractivity contribution in [2.75, 3.05) is 34.0 Å². The van der Waals surface area contributed by atoms with Crippen LogP contribution in [0, 0.1) is 0 Å². The van der Waals surface area contributed by atoms with E-state index in [0.29, 0.717) is 11.2 Å². The molecule has 0 aliphatic carbocycles. The number of carboxylic acids is 1. The summed E-state index contributed by atoms with van der Waals surface area (Å²) in [5.74, 6) is -1.02. The zero-order chi connectivity index (χ0) is 20.2. The minimum Gasteiger partial charge on any atom is -0.544 e. The molecule has 0 saturated heterocycles. The molecule has 0 spiro atoms. The van der Waals surface area contributed by atoms with Crippen LogP contribution in [0.5, 0.6) is 0 Å². The molecule has 0 aromatic carbocycles. The van der Waals surface area contributed by atoms with Crippen LogP contribution in [-0.4, -0.2) is 44.4 Å². The summed E-state index contributed by atoms with van der Waals surface area (Å²) in [5.41, 5.74) is 0. The van der Waals surface area contributed by atoms with E-state index in [1.807, 2.05) is 14.1 Å². The highest BCUT2D eigenvalue weighted by Gasteiger charge is 2.14. The molecule has 0 aromatic heterocycles. The van der Waals surface area contributed by atoms with Crippen molar-refractivity contribution in [2.24, 2.45) is 0 Å². The van der Waals surface area contributed by atoms with Gasteiger partial charge in [0, 0.05) is 0 Å². The minimum absolute atomic E-state index is 0.00103. The summed E-state index contributed by atoms with van der Waals surface area (Å²) in [6, 6.07) is 0. The van der Waals surface area contributed by atoms with E-state index < -0.39 is 5.97 Å². The first-order valence-corrected chi connectivity index (χ1v) is 11.6. The fourth-order valence-corrected chi connectivity index (χ4v) is 3.46. The Hall–Kier alpha value is -0.610. The SMILES string of the molecule is CCCCCCCCCCCCCCCCCCOC[N+](C)(C)CC(=O)[O-]. The average Bonchev–Trinajstić information content (AvgIpc) is 2.59. The van der Waals surface area contributed by atoms with E-state index in [0.717, 1.165) is 13.0 Å². The van der Waals surface area contributed by atoms with Gasteiger partial charge in [-0.25, -0.2) is 0 Å². The minimum atomic E-state index is -1.02. The van der Waals surface area contributed by atoms with E-state index in [1.54, 1.807) is 0 Å². The van der Waals surface area contributed by atoms with E-state index in [1.165, 1.54) is 96.3 Å². The molecule has 0 N–H and O–H groups in total. The predicted molar refractivity (Wildman–Crippen MR) is 112 cm³/mol. The number of hydrogen-bond donors (Lipinski definition) is 0. The molecule has 0 unspecified atom stereocenters. The van der Waals surface area contributed by atoms with Crippen molar-refractivity contribution in [1.29, 1.82) is 0 Å². The Morgan fingerprint density at radius 1 is 0.704 bits per heavy atom. The van der Waals surface area contributed by atoms with Crippen molar-refractivity contribution in [3.05, 3.63) is 0 Å². The van der Waals surface area contributed by atoms with Crippen molar-refractivity contribution in [3.8, 4) is 0 Å². The normalized spacial score (nSPS) is 11.8. The fraction of sp³-hybridized carbons (Fsp3) is 0.957. The Morgan fingerprint density at radius 3 is 1.44 bits per heavy atom. The number of likely N-dealkylation sites (N-methyl/N-ethyl adjacent to an activating group) is 1. The van der Waals surface area contributed by atoms with Crippen LogP contribution < -0.4 is 5.11 Å². The number of carbonyl (C=O) groups is 1. The highest BCUT2D eigenvalue weighted by molar-refractivity contribution is 5.65. The summed E-state index contributed by atoms with van der Waals surface area (Å²) in [6.45, 7) is 3.44. The fourth-order valence-electron chi connectivity index (χ4n) is 3.46. The lowest BCUT2D eigenvalue weighted by atomic mass is 10.0. The molecule has 27 heavy (non-hydrogen) atoms. The Bertz CT molecular complexity index is 332. The van der Waals surface area contributed by atoms with Gasteiger partial charge in [0.25, 0.3) is 0 Å². The van der Waals surface area contributed by atoms with Crippen LogP contribution in [0.4, 0.5) is 0 Å². The quantitative estimate of drug-likeness (QED) is 0.158. The number of unbranched alkanes of at least 4 members (excludes halogenated alkanes) is 15. The molecule has 0 amide bonds. The third-order valence-corrected chi connectivity index (χ3v) is 5.14. The zero-order valence-electron chi connectivity index (χ0n) is 18.6. The highest BCUT2D eigenvalue weighted by atomic mass is 16.5. The van der Waals surface area contributed by atoms with Crippen molar-refractivity contribution in [3.63, 3.8) is 0 Å². The monoisotopic (exact) mass is 385 g/mol. The van der Waals surface area contributed by atoms with E-state index in [2.05, 4.69) is 6.92 Å². The number of carbonyl (C=O) groups excluding carboxylic acids is 1. The van der Waals surface area contributed by atoms with Crippen LogP contribution in [0.1, 0.15) is 110 Å². The second kappa shape index (κ2) is 18.7. The van der Waals surface area contributed by atoms with Gasteiger partial charge in [0.2, 0.25) is 0 Å². The van der Waals surface area contributed by atoms with Gasteiger partial charge in [-0.05, 0) is 6.42 Å². The predicted octanol–water partition coefficient (Wildman–Crippen LogP) is 5.05. The molecular weight excluding hydrogens is 338 g/mol. The summed E-state index contributed by atoms with van der Waals surface area (Å²) >= 11 is 0. The first-order valence-electron chi connectivity index (χ1n) is 11.6. The van der Waals surface area contributed by atoms with E-state index >= 15 is 0 Å². The Balaban J connectivity index is 3.16. The largest absolute Gasteiger partial charge is 0.544 e. The molecule has 0 heterocycles. The number of ether oxygens (including phenoxy) is 1. The van der Waals surface area contributed by atoms with E-state index in [-0.39, 0.29) is 6.54 Å². The summed E-state index contributed by atoms with van der Waals surface area (Å²) in [5, 5.41) is 10.6. The van der Waals surface area contributed by atoms with Crippen LogP contribution in [0.15, 0.2) is 0 Å². The van der Waals surface area contributed by atoms with Gasteiger partial charge < -0.3 is 19.1 Å². The van der Waals surface area contributed by atoms with Crippen molar-refractivity contribution < 1.29 is 19.1 Å². The zero-order valence-corrected chi connectivity index (χ0v) is 18.6. The average molecular weight is 386 g/mol. The molecule has 0 radical (unpaired) electrons. The van der Waals surface area contributed by atoms with Crippen LogP contribution in [0.3, 0.4) is 0 Å². The van der Waals surface area contributed by atoms with Crippen LogP contribution in [-0.2, 0) is 9.53 Å². The maximum atomic E-state index is 10.6. The Labute approximate surface area is 169 Å². The molecule has 0 rings (SSSR count). The number of rotatable bonds is 21. The third kappa shape index (κ3) is 21.5. The van der Waals surface area contributed by atoms with Gasteiger partial charge in [0.1, 0.15) is 6.54 Å². The molecule has 0 bridgehead atoms. The molecule has 0 saturated carbocycles. The number of hydrogen-bond acceptors (Lipinski definition) is 3. The lowest BCUT2D eigenvalue weighted by Crippen LogP contribution is -2.49. The van der Waals surface area contributed by atoms with Gasteiger partial charge >= 0.3 is 0 Å². The summed E-state index contributed by atoms with van der Waals surface area (Å²) in [4.78, 5) is 10.6. The summed E-state index contributed by atoms with van der Waals surface area (Å²) < 4.78 is 5.92. The number of carboxylic acid groups (broad SMARTS) is 1. The Morgan fingerprint density at radius 2 is 1.07 bits per heavy atom. The van der Waals surface area contributed by atoms with Gasteiger partial charge in [-0.3, -0.25) is 0 Å². The van der Waals surface area contributed by atoms with Gasteiger partial charge in [0.15, 0.2) is 6.73 Å². The molecule has 4 nitrogen and oxygen atoms in total. The van der Waals surface area contributed by atoms with Crippen molar-refractivity contribution >= 4 is 5.97 Å². The summed E-state index contributed by atoms with van der Waals surface area (Å²) in [6.07, 6.45) is 21.9. The van der Waals surface area contributed by atoms with Crippen LogP contribution in [0.25, 0.3) is 0 Å². The molecule has 0 atom stereocenters. The van der Waals surface area contributed by atoms with Crippen LogP contribution >= 0.6 is 0 Å². The smallest absolute Gasteiger partial charge is 0.183 e. The molecule has 162 valence electrons. The van der Waals surface area contributed by atoms with Gasteiger partial charge in [-0.2, -0.15) is 0 Å². The molecule has 0 aromatic rings. The number of aliphatic carboxylic acids is 1. The lowest BCUT2D eigenvalue weighted by Gasteiger charge is -2.29. The third-order valence-electron chi connectivity index (χ3n) is 5.14. The molecule has 0 aliphatic heterocycles. The van der Waals surface area contributed by atoms with Gasteiger partial charge in [-0.1, -0.05) is 103 Å². The first kappa shape index (κ1) is 26.4. The first-order chi connectivity index (χ1) is 13.0. The second-order valence-electron chi connectivity index (χ2n) is 8.81. The molecule has 0 fully saturated rings. The van der Waals surface area contributed by atoms with E-state index in [4.69, 9.17) is 4.74 Å². The maximum absolute atomic E-state index is 10.6. The topological polar surface area (TPSA) is 49.4 Å². The second-order valence-corrected chi connectivity index (χ2v) is 8.81. The lowest BCUT2D eigenvalue weighted by molar-refractivity contribution is -0.904. The van der Waals surface area contributed by atoms with Crippen molar-refractivity contribution in [1.82, 2.24) is 0 Å². The Kier molecular flexibility index (Phi) is 18.3. The standard InChI is InChI=1S/C23H47NO3/c1-4-5-6-7-8-9-10-11-12-13-14-15-16-17-18-19-20-27-22-24(2,3)21-23(25)26/h4-22H2,1-3H3. The van der Waals surface area contributed by atoms with Gasteiger partial charge in [0.05, 0.1) is 26.7 Å². The van der Waals surface area contributed by atoms with Gasteiger partial charge in [-0.15, -0.1) is 0 Å². The number of quaternary nitrogens is 1. The summed E-state index contributed by atoms with van der Waals surface area (Å²) in [7, 11) is 3.70. The van der Waals surface area contributed by atoms with E-state index in [9.17, 15) is 9.90 Å². The van der Waals surface area contributed by atoms with Crippen molar-refractivity contribution in [2.45, 2.75) is 110 Å². The molecular formula is C23H47NO3.